The molecule has 0 radical (unpaired) electrons. The number of nitrogens with one attached hydrogen (secondary N) is 1. The van der Waals surface area contributed by atoms with Crippen molar-refractivity contribution in [1.82, 2.24) is 15.5 Å². The lowest BCUT2D eigenvalue weighted by atomic mass is 10.1. The van der Waals surface area contributed by atoms with Crippen LogP contribution in [0.4, 0.5) is 4.39 Å². The molecule has 0 bridgehead atoms. The minimum atomic E-state index is -0.300. The third-order valence-electron chi connectivity index (χ3n) is 3.25. The Labute approximate surface area is 128 Å². The Bertz CT molecular complexity index is 603. The van der Waals surface area contributed by atoms with Gasteiger partial charge in [-0.25, -0.2) is 4.39 Å². The molecule has 0 aliphatic heterocycles. The van der Waals surface area contributed by atoms with Gasteiger partial charge in [0.2, 0.25) is 5.89 Å². The molecule has 120 valence electrons. The molecule has 0 saturated heterocycles. The van der Waals surface area contributed by atoms with Crippen LogP contribution in [0.1, 0.15) is 30.2 Å². The van der Waals surface area contributed by atoms with Gasteiger partial charge in [0.25, 0.3) is 0 Å². The Balaban J connectivity index is 1.96. The van der Waals surface area contributed by atoms with E-state index in [1.54, 1.807) is 20.3 Å². The lowest BCUT2D eigenvalue weighted by Gasteiger charge is -2.16. The topological polar surface area (TPSA) is 69.4 Å². The average Bonchev–Trinajstić information content (AvgIpc) is 2.98. The number of aromatic nitrogens is 2. The van der Waals surface area contributed by atoms with Crippen LogP contribution in [0.25, 0.3) is 0 Å². The monoisotopic (exact) mass is 309 g/mol. The van der Waals surface area contributed by atoms with Gasteiger partial charge in [-0.15, -0.1) is 0 Å². The van der Waals surface area contributed by atoms with Crippen molar-refractivity contribution in [2.75, 3.05) is 20.8 Å². The van der Waals surface area contributed by atoms with Gasteiger partial charge in [0.15, 0.2) is 5.82 Å². The molecule has 1 N–H and O–H groups in total. The summed E-state index contributed by atoms with van der Waals surface area (Å²) in [5.74, 6) is 1.42. The molecule has 0 fully saturated rings. The highest BCUT2D eigenvalue weighted by Crippen LogP contribution is 2.25. The molecular formula is C15H20FN3O3. The summed E-state index contributed by atoms with van der Waals surface area (Å²) < 4.78 is 28.7. The zero-order chi connectivity index (χ0) is 15.9. The average molecular weight is 309 g/mol. The minimum absolute atomic E-state index is 0.119. The normalized spacial score (nSPS) is 12.4. The number of methoxy groups -OCH3 is 2. The number of rotatable bonds is 8. The molecule has 1 unspecified atom stereocenters. The number of hydrogen-bond donors (Lipinski definition) is 1. The molecule has 0 saturated carbocycles. The molecule has 0 aliphatic carbocycles. The number of ether oxygens (including phenoxy) is 2. The first kappa shape index (κ1) is 16.4. The predicted molar refractivity (Wildman–Crippen MR) is 78.1 cm³/mol. The second-order valence-corrected chi connectivity index (χ2v) is 4.84. The smallest absolute Gasteiger partial charge is 0.229 e. The Morgan fingerprint density at radius 3 is 2.91 bits per heavy atom. The molecule has 2 aromatic rings. The molecule has 0 spiro atoms. The first-order valence-electron chi connectivity index (χ1n) is 7.01. The van der Waals surface area contributed by atoms with E-state index >= 15 is 0 Å². The van der Waals surface area contributed by atoms with Crippen LogP contribution in [-0.2, 0) is 17.7 Å². The summed E-state index contributed by atoms with van der Waals surface area (Å²) in [6.07, 6.45) is 0.580. The molecule has 2 rings (SSSR count). The molecule has 22 heavy (non-hydrogen) atoms. The zero-order valence-corrected chi connectivity index (χ0v) is 12.9. The van der Waals surface area contributed by atoms with Crippen molar-refractivity contribution in [2.24, 2.45) is 0 Å². The van der Waals surface area contributed by atoms with Crippen molar-refractivity contribution in [3.63, 3.8) is 0 Å². The van der Waals surface area contributed by atoms with Gasteiger partial charge in [-0.05, 0) is 25.1 Å². The van der Waals surface area contributed by atoms with Crippen LogP contribution < -0.4 is 10.1 Å². The molecular weight excluding hydrogens is 289 g/mol. The molecule has 1 aromatic carbocycles. The van der Waals surface area contributed by atoms with Crippen LogP contribution in [0.2, 0.25) is 0 Å². The maximum absolute atomic E-state index is 13.4. The summed E-state index contributed by atoms with van der Waals surface area (Å²) in [7, 11) is 3.18. The predicted octanol–water partition coefficient (Wildman–Crippen LogP) is 2.26. The van der Waals surface area contributed by atoms with Gasteiger partial charge in [0.1, 0.15) is 11.6 Å². The van der Waals surface area contributed by atoms with E-state index in [2.05, 4.69) is 15.5 Å². The highest BCUT2D eigenvalue weighted by atomic mass is 19.1. The van der Waals surface area contributed by atoms with Crippen molar-refractivity contribution < 1.29 is 18.4 Å². The summed E-state index contributed by atoms with van der Waals surface area (Å²) in [4.78, 5) is 4.25. The molecule has 7 heteroatoms. The Morgan fingerprint density at radius 2 is 2.18 bits per heavy atom. The summed E-state index contributed by atoms with van der Waals surface area (Å²) in [6.45, 7) is 2.87. The summed E-state index contributed by atoms with van der Waals surface area (Å²) in [5.41, 5.74) is 0.741. The summed E-state index contributed by atoms with van der Waals surface area (Å²) in [6, 6.07) is 4.32. The third kappa shape index (κ3) is 4.25. The minimum Gasteiger partial charge on any atom is -0.496 e. The van der Waals surface area contributed by atoms with Crippen molar-refractivity contribution in [3.05, 3.63) is 41.3 Å². The lowest BCUT2D eigenvalue weighted by molar-refractivity contribution is 0.192. The van der Waals surface area contributed by atoms with Crippen molar-refractivity contribution in [3.8, 4) is 5.75 Å². The third-order valence-corrected chi connectivity index (χ3v) is 3.25. The Hall–Kier alpha value is -1.99. The maximum atomic E-state index is 13.4. The number of halogens is 1. The molecule has 1 heterocycles. The van der Waals surface area contributed by atoms with E-state index in [9.17, 15) is 4.39 Å². The van der Waals surface area contributed by atoms with E-state index in [0.29, 0.717) is 37.0 Å². The van der Waals surface area contributed by atoms with Crippen LogP contribution in [0.15, 0.2) is 22.7 Å². The molecule has 1 aromatic heterocycles. The van der Waals surface area contributed by atoms with Gasteiger partial charge < -0.3 is 19.3 Å². The van der Waals surface area contributed by atoms with Gasteiger partial charge >= 0.3 is 0 Å². The van der Waals surface area contributed by atoms with E-state index in [0.717, 1.165) is 5.56 Å². The van der Waals surface area contributed by atoms with Crippen LogP contribution in [0.3, 0.4) is 0 Å². The number of hydrogen-bond acceptors (Lipinski definition) is 6. The number of nitrogens with zero attached hydrogens (tertiary/aromatic N) is 2. The Kier molecular flexibility index (Phi) is 5.85. The fraction of sp³-hybridized carbons (Fsp3) is 0.467. The van der Waals surface area contributed by atoms with Crippen LogP contribution in [0.5, 0.6) is 5.75 Å². The van der Waals surface area contributed by atoms with Gasteiger partial charge in [-0.2, -0.15) is 4.98 Å². The van der Waals surface area contributed by atoms with E-state index in [-0.39, 0.29) is 11.9 Å². The largest absolute Gasteiger partial charge is 0.496 e. The summed E-state index contributed by atoms with van der Waals surface area (Å²) in [5, 5.41) is 7.11. The molecule has 0 aliphatic rings. The van der Waals surface area contributed by atoms with Crippen molar-refractivity contribution >= 4 is 0 Å². The van der Waals surface area contributed by atoms with Crippen LogP contribution >= 0.6 is 0 Å². The second kappa shape index (κ2) is 7.86. The first-order valence-corrected chi connectivity index (χ1v) is 7.01. The van der Waals surface area contributed by atoms with Crippen LogP contribution in [0, 0.1) is 5.82 Å². The van der Waals surface area contributed by atoms with E-state index in [1.807, 2.05) is 6.92 Å². The second-order valence-electron chi connectivity index (χ2n) is 4.84. The van der Waals surface area contributed by atoms with E-state index < -0.39 is 0 Å². The molecule has 0 amide bonds. The fourth-order valence-electron chi connectivity index (χ4n) is 2.05. The standard InChI is InChI=1S/C15H20FN3O3/c1-10(12-8-11(16)4-5-13(12)21-3)17-9-14-18-15(22-19-14)6-7-20-2/h4-5,8,10,17H,6-7,9H2,1-3H3. The Morgan fingerprint density at radius 1 is 1.36 bits per heavy atom. The fourth-order valence-corrected chi connectivity index (χ4v) is 2.05. The molecule has 1 atom stereocenters. The highest BCUT2D eigenvalue weighted by Gasteiger charge is 2.14. The van der Waals surface area contributed by atoms with Gasteiger partial charge in [0.05, 0.1) is 26.7 Å². The van der Waals surface area contributed by atoms with Gasteiger partial charge in [-0.1, -0.05) is 5.16 Å². The van der Waals surface area contributed by atoms with Crippen LogP contribution in [-0.4, -0.2) is 31.0 Å². The van der Waals surface area contributed by atoms with E-state index in [1.165, 1.54) is 12.1 Å². The zero-order valence-electron chi connectivity index (χ0n) is 12.9. The number of benzene rings is 1. The van der Waals surface area contributed by atoms with Gasteiger partial charge in [-0.3, -0.25) is 0 Å². The van der Waals surface area contributed by atoms with Gasteiger partial charge in [0, 0.05) is 18.7 Å². The molecule has 6 nitrogen and oxygen atoms in total. The van der Waals surface area contributed by atoms with E-state index in [4.69, 9.17) is 14.0 Å². The lowest BCUT2D eigenvalue weighted by Crippen LogP contribution is -2.19. The SMILES string of the molecule is COCCc1nc(CNC(C)c2cc(F)ccc2OC)no1. The highest BCUT2D eigenvalue weighted by molar-refractivity contribution is 5.36. The summed E-state index contributed by atoms with van der Waals surface area (Å²) >= 11 is 0. The maximum Gasteiger partial charge on any atom is 0.229 e. The van der Waals surface area contributed by atoms with Crippen molar-refractivity contribution in [1.29, 1.82) is 0 Å². The first-order chi connectivity index (χ1) is 10.6. The van der Waals surface area contributed by atoms with Crippen molar-refractivity contribution in [2.45, 2.75) is 25.9 Å². The quantitative estimate of drug-likeness (QED) is 0.806.